The molecule has 3 fully saturated rings. The number of piperazine rings is 1. The number of rotatable bonds is 5. The molecule has 0 aromatic heterocycles. The highest BCUT2D eigenvalue weighted by atomic mass is 35.5. The Labute approximate surface area is 218 Å². The van der Waals surface area contributed by atoms with Gasteiger partial charge in [0, 0.05) is 56.3 Å². The number of hydrogen-bond acceptors (Lipinski definition) is 6. The van der Waals surface area contributed by atoms with Crippen molar-refractivity contribution in [1.82, 2.24) is 25.2 Å². The van der Waals surface area contributed by atoms with Crippen molar-refractivity contribution in [2.24, 2.45) is 5.92 Å². The van der Waals surface area contributed by atoms with E-state index in [2.05, 4.69) is 16.0 Å². The molecule has 5 rings (SSSR count). The van der Waals surface area contributed by atoms with Crippen LogP contribution in [0.25, 0.3) is 10.8 Å². The summed E-state index contributed by atoms with van der Waals surface area (Å²) in [6.07, 6.45) is 3.90. The summed E-state index contributed by atoms with van der Waals surface area (Å²) < 4.78 is 28.0. The number of halogens is 2. The van der Waals surface area contributed by atoms with E-state index >= 15 is 0 Å². The number of carbonyl (C=O) groups is 1. The van der Waals surface area contributed by atoms with Crippen LogP contribution in [0, 0.1) is 5.92 Å². The van der Waals surface area contributed by atoms with Crippen LogP contribution in [0.5, 0.6) is 0 Å². The van der Waals surface area contributed by atoms with Crippen molar-refractivity contribution in [2.75, 3.05) is 39.3 Å². The number of amides is 1. The SMILES string of the molecule is Cl.O=C(C1CCC(NC2NCCN2)CC1)N1CCN(S(=O)(=O)c2ccc3cc(Cl)ccc3c2)CC1. The molecular weight excluding hydrogens is 509 g/mol. The molecule has 35 heavy (non-hydrogen) atoms. The summed E-state index contributed by atoms with van der Waals surface area (Å²) in [7, 11) is -3.61. The molecule has 0 spiro atoms. The first-order chi connectivity index (χ1) is 16.4. The van der Waals surface area contributed by atoms with Crippen LogP contribution in [0.15, 0.2) is 41.3 Å². The van der Waals surface area contributed by atoms with Crippen LogP contribution in [0.4, 0.5) is 0 Å². The van der Waals surface area contributed by atoms with E-state index in [1.807, 2.05) is 17.0 Å². The molecular formula is C24H33Cl2N5O3S. The van der Waals surface area contributed by atoms with Crippen LogP contribution in [0.2, 0.25) is 5.02 Å². The zero-order chi connectivity index (χ0) is 23.7. The summed E-state index contributed by atoms with van der Waals surface area (Å²) in [5, 5.41) is 12.7. The second-order valence-corrected chi connectivity index (χ2v) is 11.8. The molecule has 0 bridgehead atoms. The normalized spacial score (nSPS) is 24.4. The highest BCUT2D eigenvalue weighted by Crippen LogP contribution is 2.28. The number of fused-ring (bicyclic) bond motifs is 1. The van der Waals surface area contributed by atoms with E-state index in [-0.39, 0.29) is 35.4 Å². The van der Waals surface area contributed by atoms with Crippen LogP contribution in [-0.2, 0) is 14.8 Å². The van der Waals surface area contributed by atoms with Gasteiger partial charge in [-0.25, -0.2) is 8.42 Å². The van der Waals surface area contributed by atoms with Crippen LogP contribution in [0.3, 0.4) is 0 Å². The lowest BCUT2D eigenvalue weighted by molar-refractivity contribution is -0.137. The fraction of sp³-hybridized carbons (Fsp3) is 0.542. The van der Waals surface area contributed by atoms with Crippen molar-refractivity contribution in [3.63, 3.8) is 0 Å². The number of hydrogen-bond donors (Lipinski definition) is 3. The first-order valence-corrected chi connectivity index (χ1v) is 13.9. The van der Waals surface area contributed by atoms with E-state index in [0.717, 1.165) is 49.5 Å². The van der Waals surface area contributed by atoms with Gasteiger partial charge in [-0.15, -0.1) is 12.4 Å². The summed E-state index contributed by atoms with van der Waals surface area (Å²) >= 11 is 6.04. The molecule has 2 aliphatic heterocycles. The highest BCUT2D eigenvalue weighted by Gasteiger charge is 2.34. The monoisotopic (exact) mass is 541 g/mol. The quantitative estimate of drug-likeness (QED) is 0.538. The van der Waals surface area contributed by atoms with Gasteiger partial charge < -0.3 is 4.90 Å². The first-order valence-electron chi connectivity index (χ1n) is 12.1. The summed E-state index contributed by atoms with van der Waals surface area (Å²) in [4.78, 5) is 15.2. The Morgan fingerprint density at radius 1 is 0.914 bits per heavy atom. The second kappa shape index (κ2) is 11.3. The first kappa shape index (κ1) is 26.6. The Morgan fingerprint density at radius 2 is 1.54 bits per heavy atom. The van der Waals surface area contributed by atoms with Gasteiger partial charge in [-0.05, 0) is 60.7 Å². The fourth-order valence-corrected chi connectivity index (χ4v) is 6.92. The fourth-order valence-electron chi connectivity index (χ4n) is 5.28. The molecule has 2 aromatic carbocycles. The summed E-state index contributed by atoms with van der Waals surface area (Å²) in [6, 6.07) is 11.0. The molecule has 2 saturated heterocycles. The Bertz CT molecular complexity index is 1140. The van der Waals surface area contributed by atoms with Crippen molar-refractivity contribution in [3.05, 3.63) is 41.4 Å². The third-order valence-corrected chi connectivity index (χ3v) is 9.39. The van der Waals surface area contributed by atoms with Gasteiger partial charge in [0.1, 0.15) is 6.29 Å². The van der Waals surface area contributed by atoms with Crippen molar-refractivity contribution in [2.45, 2.75) is 42.9 Å². The molecule has 0 atom stereocenters. The van der Waals surface area contributed by atoms with Crippen LogP contribution in [-0.4, -0.2) is 75.1 Å². The molecule has 1 saturated carbocycles. The number of benzene rings is 2. The molecule has 1 amide bonds. The molecule has 2 heterocycles. The van der Waals surface area contributed by atoms with E-state index in [1.165, 1.54) is 4.31 Å². The topological polar surface area (TPSA) is 93.8 Å². The minimum absolute atomic E-state index is 0. The molecule has 3 N–H and O–H groups in total. The molecule has 192 valence electrons. The lowest BCUT2D eigenvalue weighted by Gasteiger charge is -2.37. The number of nitrogens with one attached hydrogen (secondary N) is 3. The van der Waals surface area contributed by atoms with E-state index < -0.39 is 10.0 Å². The maximum atomic E-state index is 13.2. The van der Waals surface area contributed by atoms with E-state index in [1.54, 1.807) is 24.3 Å². The van der Waals surface area contributed by atoms with Crippen molar-refractivity contribution in [3.8, 4) is 0 Å². The van der Waals surface area contributed by atoms with Gasteiger partial charge >= 0.3 is 0 Å². The lowest BCUT2D eigenvalue weighted by atomic mass is 9.85. The van der Waals surface area contributed by atoms with E-state index in [4.69, 9.17) is 11.6 Å². The summed E-state index contributed by atoms with van der Waals surface area (Å²) in [6.45, 7) is 3.47. The van der Waals surface area contributed by atoms with Crippen molar-refractivity contribution < 1.29 is 13.2 Å². The molecule has 8 nitrogen and oxygen atoms in total. The average Bonchev–Trinajstić information content (AvgIpc) is 3.37. The van der Waals surface area contributed by atoms with Gasteiger partial charge in [0.05, 0.1) is 4.90 Å². The molecule has 2 aromatic rings. The Kier molecular flexibility index (Phi) is 8.58. The maximum Gasteiger partial charge on any atom is 0.243 e. The van der Waals surface area contributed by atoms with Crippen molar-refractivity contribution >= 4 is 50.7 Å². The van der Waals surface area contributed by atoms with Gasteiger partial charge in [0.25, 0.3) is 0 Å². The maximum absolute atomic E-state index is 13.2. The number of nitrogens with zero attached hydrogens (tertiary/aromatic N) is 2. The third kappa shape index (κ3) is 5.93. The second-order valence-electron chi connectivity index (χ2n) is 9.44. The van der Waals surface area contributed by atoms with Gasteiger partial charge in [0.15, 0.2) is 0 Å². The number of sulfonamides is 1. The predicted octanol–water partition coefficient (Wildman–Crippen LogP) is 2.37. The predicted molar refractivity (Wildman–Crippen MR) is 140 cm³/mol. The standard InChI is InChI=1S/C24H32ClN5O3S.ClH/c25-20-5-1-19-16-22(8-4-18(19)15-20)34(32,33)30-13-11-29(12-14-30)23(31)17-2-6-21(7-3-17)28-24-26-9-10-27-24;/h1,4-5,8,15-17,21,24,26-28H,2-3,6-7,9-14H2;1H. The van der Waals surface area contributed by atoms with Gasteiger partial charge in [0.2, 0.25) is 15.9 Å². The zero-order valence-corrected chi connectivity index (χ0v) is 22.0. The zero-order valence-electron chi connectivity index (χ0n) is 19.6. The van der Waals surface area contributed by atoms with E-state index in [0.29, 0.717) is 37.2 Å². The Balaban J connectivity index is 0.00000289. The van der Waals surface area contributed by atoms with Crippen LogP contribution >= 0.6 is 24.0 Å². The Hall–Kier alpha value is -1.46. The molecule has 0 unspecified atom stereocenters. The Morgan fingerprint density at radius 3 is 2.23 bits per heavy atom. The van der Waals surface area contributed by atoms with Crippen molar-refractivity contribution in [1.29, 1.82) is 0 Å². The largest absolute Gasteiger partial charge is 0.340 e. The van der Waals surface area contributed by atoms with Gasteiger partial charge in [-0.2, -0.15) is 4.31 Å². The average molecular weight is 543 g/mol. The lowest BCUT2D eigenvalue weighted by Crippen LogP contribution is -2.53. The van der Waals surface area contributed by atoms with Crippen LogP contribution < -0.4 is 16.0 Å². The summed E-state index contributed by atoms with van der Waals surface area (Å²) in [5.41, 5.74) is 0. The molecule has 0 radical (unpaired) electrons. The van der Waals surface area contributed by atoms with Gasteiger partial charge in [-0.3, -0.25) is 20.7 Å². The minimum atomic E-state index is -3.61. The molecule has 11 heteroatoms. The highest BCUT2D eigenvalue weighted by molar-refractivity contribution is 7.89. The molecule has 1 aliphatic carbocycles. The number of carbonyl (C=O) groups excluding carboxylic acids is 1. The minimum Gasteiger partial charge on any atom is -0.340 e. The van der Waals surface area contributed by atoms with E-state index in [9.17, 15) is 13.2 Å². The van der Waals surface area contributed by atoms with Gasteiger partial charge in [-0.1, -0.05) is 23.7 Å². The third-order valence-electron chi connectivity index (χ3n) is 7.26. The smallest absolute Gasteiger partial charge is 0.243 e. The van der Waals surface area contributed by atoms with Crippen LogP contribution in [0.1, 0.15) is 25.7 Å². The summed E-state index contributed by atoms with van der Waals surface area (Å²) in [5.74, 6) is 0.216. The molecule has 3 aliphatic rings.